The van der Waals surface area contributed by atoms with Crippen LogP contribution in [0.25, 0.3) is 0 Å². The Labute approximate surface area is 52.5 Å². The molecule has 0 heterocycles. The van der Waals surface area contributed by atoms with Crippen molar-refractivity contribution in [1.82, 2.24) is 0 Å². The molecule has 0 aromatic carbocycles. The van der Waals surface area contributed by atoms with E-state index in [-0.39, 0.29) is 0 Å². The number of rotatable bonds is 2. The number of carboxylic acids is 1. The Morgan fingerprint density at radius 3 is 2.25 bits per heavy atom. The zero-order chi connectivity index (χ0) is 6.73. The van der Waals surface area contributed by atoms with Gasteiger partial charge >= 0.3 is 5.97 Å². The van der Waals surface area contributed by atoms with Crippen molar-refractivity contribution in [3.05, 3.63) is 0 Å². The van der Waals surface area contributed by atoms with E-state index in [9.17, 15) is 4.79 Å². The number of aliphatic carboxylic acids is 1. The first-order valence-corrected chi connectivity index (χ1v) is 2.45. The van der Waals surface area contributed by atoms with Crippen LogP contribution in [0, 0.1) is 0 Å². The Morgan fingerprint density at radius 1 is 1.88 bits per heavy atom. The third kappa shape index (κ3) is 1.99. The molecule has 0 saturated carbocycles. The van der Waals surface area contributed by atoms with E-state index in [4.69, 9.17) is 10.8 Å². The molecule has 0 spiro atoms. The van der Waals surface area contributed by atoms with Crippen molar-refractivity contribution in [2.75, 3.05) is 0 Å². The summed E-state index contributed by atoms with van der Waals surface area (Å²) in [5.41, 5.74) is 5.02. The predicted octanol–water partition coefficient (Wildman–Crippen LogP) is -0.212. The summed E-state index contributed by atoms with van der Waals surface area (Å²) in [6.45, 7) is 1.51. The predicted molar refractivity (Wildman–Crippen MR) is 33.9 cm³/mol. The summed E-state index contributed by atoms with van der Waals surface area (Å²) in [4.78, 5) is 10.2. The van der Waals surface area contributed by atoms with Crippen molar-refractivity contribution in [1.29, 1.82) is 0 Å². The van der Waals surface area contributed by atoms with E-state index in [0.29, 0.717) is 4.86 Å². The maximum atomic E-state index is 9.93. The number of carboxylic acid groups (broad SMARTS) is 1. The number of carbonyl (C=O) groups is 1. The SMILES string of the molecule is CC(=S)[C@H](N)C(=O)O. The minimum absolute atomic E-state index is 0.303. The highest BCUT2D eigenvalue weighted by molar-refractivity contribution is 7.80. The quantitative estimate of drug-likeness (QED) is 0.511. The van der Waals surface area contributed by atoms with Crippen LogP contribution < -0.4 is 5.73 Å². The monoisotopic (exact) mass is 133 g/mol. The molecule has 0 unspecified atom stereocenters. The van der Waals surface area contributed by atoms with Crippen LogP contribution in [-0.2, 0) is 4.79 Å². The van der Waals surface area contributed by atoms with Crippen LogP contribution in [0.15, 0.2) is 0 Å². The molecule has 4 heteroatoms. The topological polar surface area (TPSA) is 63.3 Å². The average Bonchev–Trinajstić information content (AvgIpc) is 1.64. The Hall–Kier alpha value is -0.480. The Bertz CT molecular complexity index is 109. The summed E-state index contributed by atoms with van der Waals surface area (Å²) in [6, 6.07) is -0.981. The van der Waals surface area contributed by atoms with Gasteiger partial charge in [-0.3, -0.25) is 4.79 Å². The van der Waals surface area contributed by atoms with Crippen LogP contribution in [-0.4, -0.2) is 22.0 Å². The van der Waals surface area contributed by atoms with Gasteiger partial charge in [-0.15, -0.1) is 0 Å². The molecule has 8 heavy (non-hydrogen) atoms. The fraction of sp³-hybridized carbons (Fsp3) is 0.500. The molecule has 3 N–H and O–H groups in total. The lowest BCUT2D eigenvalue weighted by Gasteiger charge is -1.99. The Balaban J connectivity index is 3.83. The van der Waals surface area contributed by atoms with Gasteiger partial charge in [0.15, 0.2) is 0 Å². The number of nitrogens with two attached hydrogens (primary N) is 1. The number of hydrogen-bond donors (Lipinski definition) is 2. The van der Waals surface area contributed by atoms with Crippen molar-refractivity contribution in [3.8, 4) is 0 Å². The summed E-state index contributed by atoms with van der Waals surface area (Å²) in [5.74, 6) is -1.07. The fourth-order valence-corrected chi connectivity index (χ4v) is 0.275. The molecule has 1 atom stereocenters. The van der Waals surface area contributed by atoms with E-state index in [2.05, 4.69) is 12.2 Å². The van der Waals surface area contributed by atoms with E-state index in [1.54, 1.807) is 0 Å². The maximum Gasteiger partial charge on any atom is 0.325 e. The lowest BCUT2D eigenvalue weighted by atomic mass is 10.2. The summed E-state index contributed by atoms with van der Waals surface area (Å²) < 4.78 is 0. The molecule has 0 fully saturated rings. The molecule has 0 rings (SSSR count). The smallest absolute Gasteiger partial charge is 0.325 e. The molecule has 0 aliphatic carbocycles. The normalized spacial score (nSPS) is 12.8. The second kappa shape index (κ2) is 2.74. The Kier molecular flexibility index (Phi) is 2.57. The van der Waals surface area contributed by atoms with E-state index in [0.717, 1.165) is 0 Å². The Morgan fingerprint density at radius 2 is 2.25 bits per heavy atom. The molecular weight excluding hydrogens is 126 g/mol. The molecule has 46 valence electrons. The van der Waals surface area contributed by atoms with Crippen LogP contribution in [0.2, 0.25) is 0 Å². The van der Waals surface area contributed by atoms with Crippen LogP contribution >= 0.6 is 12.2 Å². The highest BCUT2D eigenvalue weighted by Crippen LogP contribution is 1.82. The minimum Gasteiger partial charge on any atom is -0.480 e. The maximum absolute atomic E-state index is 9.93. The van der Waals surface area contributed by atoms with E-state index < -0.39 is 12.0 Å². The average molecular weight is 133 g/mol. The highest BCUT2D eigenvalue weighted by atomic mass is 32.1. The summed E-state index contributed by atoms with van der Waals surface area (Å²) in [5, 5.41) is 8.14. The molecule has 0 amide bonds. The van der Waals surface area contributed by atoms with Gasteiger partial charge < -0.3 is 10.8 Å². The number of thiocarbonyl (C=S) groups is 1. The first-order chi connectivity index (χ1) is 3.55. The molecule has 3 nitrogen and oxygen atoms in total. The highest BCUT2D eigenvalue weighted by Gasteiger charge is 2.11. The van der Waals surface area contributed by atoms with Gasteiger partial charge in [-0.05, 0) is 6.92 Å². The zero-order valence-corrected chi connectivity index (χ0v) is 5.23. The van der Waals surface area contributed by atoms with E-state index in [1.165, 1.54) is 6.92 Å². The molecule has 0 aromatic rings. The summed E-state index contributed by atoms with van der Waals surface area (Å²) in [6.07, 6.45) is 0. The van der Waals surface area contributed by atoms with Crippen molar-refractivity contribution in [3.63, 3.8) is 0 Å². The van der Waals surface area contributed by atoms with Crippen LogP contribution in [0.4, 0.5) is 0 Å². The van der Waals surface area contributed by atoms with E-state index >= 15 is 0 Å². The van der Waals surface area contributed by atoms with Crippen LogP contribution in [0.5, 0.6) is 0 Å². The second-order valence-electron chi connectivity index (χ2n) is 1.43. The van der Waals surface area contributed by atoms with Gasteiger partial charge in [0.25, 0.3) is 0 Å². The van der Waals surface area contributed by atoms with Crippen molar-refractivity contribution in [2.24, 2.45) is 5.73 Å². The lowest BCUT2D eigenvalue weighted by Crippen LogP contribution is -2.35. The van der Waals surface area contributed by atoms with Gasteiger partial charge in [0.1, 0.15) is 6.04 Å². The minimum atomic E-state index is -1.07. The van der Waals surface area contributed by atoms with Crippen molar-refractivity contribution < 1.29 is 9.90 Å². The molecule has 0 aliphatic rings. The zero-order valence-electron chi connectivity index (χ0n) is 4.42. The molecule has 0 bridgehead atoms. The second-order valence-corrected chi connectivity index (χ2v) is 2.07. The van der Waals surface area contributed by atoms with Gasteiger partial charge in [-0.2, -0.15) is 0 Å². The molecular formula is C4H7NO2S. The van der Waals surface area contributed by atoms with Crippen molar-refractivity contribution in [2.45, 2.75) is 13.0 Å². The summed E-state index contributed by atoms with van der Waals surface area (Å²) >= 11 is 4.49. The third-order valence-electron chi connectivity index (χ3n) is 0.704. The van der Waals surface area contributed by atoms with Gasteiger partial charge in [0, 0.05) is 4.86 Å². The fourth-order valence-electron chi connectivity index (χ4n) is 0.174. The molecule has 0 saturated heterocycles. The van der Waals surface area contributed by atoms with Crippen LogP contribution in [0.3, 0.4) is 0 Å². The standard InChI is InChI=1S/C4H7NO2S/c1-2(8)3(5)4(6)7/h3H,5H2,1H3,(H,6,7)/t3-/m0/s1. The third-order valence-corrected chi connectivity index (χ3v) is 0.958. The van der Waals surface area contributed by atoms with Gasteiger partial charge in [0.05, 0.1) is 0 Å². The lowest BCUT2D eigenvalue weighted by molar-refractivity contribution is -0.136. The molecule has 0 radical (unpaired) electrons. The van der Waals surface area contributed by atoms with Crippen molar-refractivity contribution >= 4 is 23.1 Å². The molecule has 0 aliphatic heterocycles. The van der Waals surface area contributed by atoms with Gasteiger partial charge in [-0.25, -0.2) is 0 Å². The van der Waals surface area contributed by atoms with Gasteiger partial charge in [-0.1, -0.05) is 12.2 Å². The largest absolute Gasteiger partial charge is 0.480 e. The first-order valence-electron chi connectivity index (χ1n) is 2.04. The van der Waals surface area contributed by atoms with E-state index in [1.807, 2.05) is 0 Å². The van der Waals surface area contributed by atoms with Gasteiger partial charge in [0.2, 0.25) is 0 Å². The molecule has 0 aromatic heterocycles. The summed E-state index contributed by atoms with van der Waals surface area (Å²) in [7, 11) is 0. The van der Waals surface area contributed by atoms with Crippen LogP contribution in [0.1, 0.15) is 6.92 Å². The number of hydrogen-bond acceptors (Lipinski definition) is 3. The first kappa shape index (κ1) is 7.52.